The fourth-order valence-electron chi connectivity index (χ4n) is 2.05. The van der Waals surface area contributed by atoms with Gasteiger partial charge < -0.3 is 14.2 Å². The van der Waals surface area contributed by atoms with Crippen molar-refractivity contribution in [3.8, 4) is 17.2 Å². The molecule has 0 fully saturated rings. The Labute approximate surface area is 133 Å². The van der Waals surface area contributed by atoms with Gasteiger partial charge in [-0.3, -0.25) is 4.79 Å². The first kappa shape index (κ1) is 18.3. The summed E-state index contributed by atoms with van der Waals surface area (Å²) in [6.07, 6.45) is 0.355. The third kappa shape index (κ3) is 5.24. The minimum absolute atomic E-state index is 0.00222. The molecule has 0 aliphatic rings. The Morgan fingerprint density at radius 2 is 1.27 bits per heavy atom. The SMILES string of the molecule is CCC(=O)c1c(OC(C)C)cc(OC(C)C)cc1OC(C)C. The number of ether oxygens (including phenoxy) is 3. The third-order valence-corrected chi connectivity index (χ3v) is 2.74. The average molecular weight is 308 g/mol. The molecule has 4 heteroatoms. The summed E-state index contributed by atoms with van der Waals surface area (Å²) in [4.78, 5) is 12.4. The van der Waals surface area contributed by atoms with Gasteiger partial charge in [-0.05, 0) is 41.5 Å². The minimum Gasteiger partial charge on any atom is -0.491 e. The fraction of sp³-hybridized carbons (Fsp3) is 0.611. The van der Waals surface area contributed by atoms with Crippen molar-refractivity contribution in [1.29, 1.82) is 0 Å². The minimum atomic E-state index is -0.0374. The Morgan fingerprint density at radius 3 is 1.59 bits per heavy atom. The molecule has 0 amide bonds. The molecule has 1 rings (SSSR count). The zero-order valence-corrected chi connectivity index (χ0v) is 14.7. The zero-order valence-electron chi connectivity index (χ0n) is 14.7. The number of hydrogen-bond donors (Lipinski definition) is 0. The lowest BCUT2D eigenvalue weighted by Crippen LogP contribution is -2.15. The van der Waals surface area contributed by atoms with Crippen LogP contribution < -0.4 is 14.2 Å². The molecule has 0 radical (unpaired) electrons. The van der Waals surface area contributed by atoms with Crippen molar-refractivity contribution in [3.63, 3.8) is 0 Å². The summed E-state index contributed by atoms with van der Waals surface area (Å²) in [5.74, 6) is 1.70. The number of carbonyl (C=O) groups excluding carboxylic acids is 1. The first-order chi connectivity index (χ1) is 10.2. The molecule has 0 unspecified atom stereocenters. The number of carbonyl (C=O) groups is 1. The standard InChI is InChI=1S/C18H28O4/c1-8-15(19)18-16(21-12(4)5)9-14(20-11(2)3)10-17(18)22-13(6)7/h9-13H,8H2,1-7H3. The van der Waals surface area contributed by atoms with Crippen LogP contribution in [0.2, 0.25) is 0 Å². The molecule has 0 bridgehead atoms. The maximum Gasteiger partial charge on any atom is 0.170 e. The maximum absolute atomic E-state index is 12.4. The van der Waals surface area contributed by atoms with Gasteiger partial charge >= 0.3 is 0 Å². The number of benzene rings is 1. The van der Waals surface area contributed by atoms with E-state index < -0.39 is 0 Å². The normalized spacial score (nSPS) is 11.2. The number of rotatable bonds is 8. The molecule has 0 N–H and O–H groups in total. The Balaban J connectivity index is 3.42. The highest BCUT2D eigenvalue weighted by molar-refractivity contribution is 6.01. The lowest BCUT2D eigenvalue weighted by Gasteiger charge is -2.21. The van der Waals surface area contributed by atoms with Crippen LogP contribution in [0.5, 0.6) is 17.2 Å². The predicted octanol–water partition coefficient (Wildman–Crippen LogP) is 4.64. The van der Waals surface area contributed by atoms with E-state index in [2.05, 4.69) is 0 Å². The molecule has 0 aromatic heterocycles. The van der Waals surface area contributed by atoms with Crippen molar-refractivity contribution in [1.82, 2.24) is 0 Å². The van der Waals surface area contributed by atoms with Crippen LogP contribution in [0.15, 0.2) is 12.1 Å². The highest BCUT2D eigenvalue weighted by atomic mass is 16.5. The number of ketones is 1. The van der Waals surface area contributed by atoms with Crippen LogP contribution in [-0.4, -0.2) is 24.1 Å². The lowest BCUT2D eigenvalue weighted by atomic mass is 10.1. The molecule has 0 atom stereocenters. The molecular weight excluding hydrogens is 280 g/mol. The van der Waals surface area contributed by atoms with E-state index in [9.17, 15) is 4.79 Å². The van der Waals surface area contributed by atoms with Crippen LogP contribution in [0.1, 0.15) is 65.2 Å². The third-order valence-electron chi connectivity index (χ3n) is 2.74. The first-order valence-corrected chi connectivity index (χ1v) is 7.95. The van der Waals surface area contributed by atoms with Gasteiger partial charge in [0.05, 0.1) is 18.3 Å². The Kier molecular flexibility index (Phi) is 6.72. The van der Waals surface area contributed by atoms with E-state index in [4.69, 9.17) is 14.2 Å². The van der Waals surface area contributed by atoms with Gasteiger partial charge in [-0.2, -0.15) is 0 Å². The molecule has 0 aliphatic carbocycles. The fourth-order valence-corrected chi connectivity index (χ4v) is 2.05. The van der Waals surface area contributed by atoms with Crippen LogP contribution in [0, 0.1) is 0 Å². The van der Waals surface area contributed by atoms with Crippen LogP contribution in [0.3, 0.4) is 0 Å². The summed E-state index contributed by atoms with van der Waals surface area (Å²) in [7, 11) is 0. The summed E-state index contributed by atoms with van der Waals surface area (Å²) >= 11 is 0. The quantitative estimate of drug-likeness (QED) is 0.656. The van der Waals surface area contributed by atoms with E-state index in [1.165, 1.54) is 0 Å². The molecule has 0 spiro atoms. The van der Waals surface area contributed by atoms with Crippen LogP contribution in [0.4, 0.5) is 0 Å². The van der Waals surface area contributed by atoms with E-state index in [-0.39, 0.29) is 24.1 Å². The summed E-state index contributed by atoms with van der Waals surface area (Å²) in [6.45, 7) is 13.5. The smallest absolute Gasteiger partial charge is 0.170 e. The van der Waals surface area contributed by atoms with Crippen LogP contribution in [0.25, 0.3) is 0 Å². The van der Waals surface area contributed by atoms with E-state index in [1.807, 2.05) is 48.5 Å². The Bertz CT molecular complexity index is 473. The highest BCUT2D eigenvalue weighted by Gasteiger charge is 2.21. The first-order valence-electron chi connectivity index (χ1n) is 7.95. The lowest BCUT2D eigenvalue weighted by molar-refractivity contribution is 0.0975. The van der Waals surface area contributed by atoms with Gasteiger partial charge in [0.2, 0.25) is 0 Å². The number of Topliss-reactive ketones (excluding diaryl/α,β-unsaturated/α-hetero) is 1. The van der Waals surface area contributed by atoms with E-state index in [1.54, 1.807) is 12.1 Å². The van der Waals surface area contributed by atoms with Crippen molar-refractivity contribution >= 4 is 5.78 Å². The Hall–Kier alpha value is -1.71. The van der Waals surface area contributed by atoms with Gasteiger partial charge in [0.1, 0.15) is 22.8 Å². The molecule has 0 aliphatic heterocycles. The van der Waals surface area contributed by atoms with Crippen LogP contribution in [-0.2, 0) is 0 Å². The van der Waals surface area contributed by atoms with Gasteiger partial charge in [0, 0.05) is 18.6 Å². The van der Waals surface area contributed by atoms with Crippen LogP contribution >= 0.6 is 0 Å². The van der Waals surface area contributed by atoms with Crippen molar-refractivity contribution in [2.24, 2.45) is 0 Å². The van der Waals surface area contributed by atoms with Crippen molar-refractivity contribution < 1.29 is 19.0 Å². The summed E-state index contributed by atoms with van der Waals surface area (Å²) in [5.41, 5.74) is 0.501. The second kappa shape index (κ2) is 8.06. The zero-order chi connectivity index (χ0) is 16.9. The highest BCUT2D eigenvalue weighted by Crippen LogP contribution is 2.36. The van der Waals surface area contributed by atoms with E-state index >= 15 is 0 Å². The van der Waals surface area contributed by atoms with Gasteiger partial charge in [-0.25, -0.2) is 0 Å². The monoisotopic (exact) mass is 308 g/mol. The predicted molar refractivity (Wildman–Crippen MR) is 88.4 cm³/mol. The molecule has 124 valence electrons. The number of hydrogen-bond acceptors (Lipinski definition) is 4. The van der Waals surface area contributed by atoms with Crippen molar-refractivity contribution in [2.45, 2.75) is 73.2 Å². The maximum atomic E-state index is 12.4. The van der Waals surface area contributed by atoms with E-state index in [0.717, 1.165) is 0 Å². The van der Waals surface area contributed by atoms with E-state index in [0.29, 0.717) is 29.2 Å². The summed E-state index contributed by atoms with van der Waals surface area (Å²) in [6, 6.07) is 3.55. The molecule has 0 saturated carbocycles. The second-order valence-corrected chi connectivity index (χ2v) is 6.07. The Morgan fingerprint density at radius 1 is 0.864 bits per heavy atom. The largest absolute Gasteiger partial charge is 0.491 e. The summed E-state index contributed by atoms with van der Waals surface area (Å²) in [5, 5.41) is 0. The average Bonchev–Trinajstić information content (AvgIpc) is 2.35. The molecular formula is C18H28O4. The molecule has 1 aromatic rings. The van der Waals surface area contributed by atoms with Gasteiger partial charge in [-0.15, -0.1) is 0 Å². The second-order valence-electron chi connectivity index (χ2n) is 6.07. The van der Waals surface area contributed by atoms with Crippen molar-refractivity contribution in [3.05, 3.63) is 17.7 Å². The molecule has 1 aromatic carbocycles. The van der Waals surface area contributed by atoms with Crippen molar-refractivity contribution in [2.75, 3.05) is 0 Å². The topological polar surface area (TPSA) is 44.8 Å². The van der Waals surface area contributed by atoms with Gasteiger partial charge in [0.15, 0.2) is 5.78 Å². The van der Waals surface area contributed by atoms with Gasteiger partial charge in [-0.1, -0.05) is 6.92 Å². The molecule has 4 nitrogen and oxygen atoms in total. The molecule has 0 saturated heterocycles. The molecule has 0 heterocycles. The van der Waals surface area contributed by atoms with Gasteiger partial charge in [0.25, 0.3) is 0 Å². The molecule has 22 heavy (non-hydrogen) atoms. The summed E-state index contributed by atoms with van der Waals surface area (Å²) < 4.78 is 17.4.